The van der Waals surface area contributed by atoms with Gasteiger partial charge in [-0.15, -0.1) is 0 Å². The third-order valence-electron chi connectivity index (χ3n) is 3.38. The summed E-state index contributed by atoms with van der Waals surface area (Å²) in [6.45, 7) is 0.849. The predicted molar refractivity (Wildman–Crippen MR) is 64.2 cm³/mol. The lowest BCUT2D eigenvalue weighted by Gasteiger charge is -2.28. The zero-order valence-corrected chi connectivity index (χ0v) is 9.96. The van der Waals surface area contributed by atoms with Crippen LogP contribution >= 0.6 is 0 Å². The van der Waals surface area contributed by atoms with Crippen molar-refractivity contribution in [3.05, 3.63) is 18.1 Å². The first-order valence-corrected chi connectivity index (χ1v) is 5.93. The number of nitrogens with zero attached hydrogens (tertiary/aromatic N) is 3. The molecular weight excluding hydrogens is 218 g/mol. The van der Waals surface area contributed by atoms with Crippen LogP contribution in [0.15, 0.2) is 12.5 Å². The van der Waals surface area contributed by atoms with Gasteiger partial charge in [-0.2, -0.15) is 0 Å². The molecule has 92 valence electrons. The van der Waals surface area contributed by atoms with Gasteiger partial charge < -0.3 is 10.0 Å². The second-order valence-corrected chi connectivity index (χ2v) is 4.57. The van der Waals surface area contributed by atoms with E-state index in [2.05, 4.69) is 9.97 Å². The normalized spacial score (nSPS) is 15.4. The minimum absolute atomic E-state index is 0.170. The summed E-state index contributed by atoms with van der Waals surface area (Å²) < 4.78 is 0. The third kappa shape index (κ3) is 2.72. The molecule has 0 saturated heterocycles. The fourth-order valence-corrected chi connectivity index (χ4v) is 2.04. The van der Waals surface area contributed by atoms with Crippen molar-refractivity contribution >= 4 is 11.8 Å². The monoisotopic (exact) mass is 235 g/mol. The zero-order chi connectivity index (χ0) is 12.3. The van der Waals surface area contributed by atoms with Crippen LogP contribution in [0, 0.1) is 5.92 Å². The van der Waals surface area contributed by atoms with E-state index >= 15 is 0 Å². The van der Waals surface area contributed by atoms with E-state index in [0.717, 1.165) is 18.9 Å². The molecule has 5 nitrogen and oxygen atoms in total. The van der Waals surface area contributed by atoms with Crippen LogP contribution in [0.5, 0.6) is 0 Å². The zero-order valence-electron chi connectivity index (χ0n) is 9.96. The fourth-order valence-electron chi connectivity index (χ4n) is 2.04. The maximum absolute atomic E-state index is 11.0. The van der Waals surface area contributed by atoms with Crippen molar-refractivity contribution in [2.24, 2.45) is 5.92 Å². The number of hydrogen-bond acceptors (Lipinski definition) is 4. The topological polar surface area (TPSA) is 66.3 Å². The lowest BCUT2D eigenvalue weighted by Crippen LogP contribution is -2.26. The van der Waals surface area contributed by atoms with Crippen LogP contribution in [0.1, 0.15) is 36.0 Å². The molecule has 1 aromatic rings. The molecule has 0 bridgehead atoms. The standard InChI is InChI=1S/C12H17N3O2/c1-15(6-5-9-3-2-4-9)11-10(12(16)17)7-13-8-14-11/h7-9H,2-6H2,1H3,(H,16,17). The van der Waals surface area contributed by atoms with Gasteiger partial charge in [0, 0.05) is 19.8 Å². The Bertz CT molecular complexity index is 404. The largest absolute Gasteiger partial charge is 0.477 e. The Morgan fingerprint density at radius 1 is 1.59 bits per heavy atom. The molecule has 0 aliphatic heterocycles. The van der Waals surface area contributed by atoms with Crippen molar-refractivity contribution in [3.63, 3.8) is 0 Å². The van der Waals surface area contributed by atoms with E-state index in [4.69, 9.17) is 5.11 Å². The first-order valence-electron chi connectivity index (χ1n) is 5.93. The van der Waals surface area contributed by atoms with Crippen LogP contribution in [-0.2, 0) is 0 Å². The summed E-state index contributed by atoms with van der Waals surface area (Å²) in [5, 5.41) is 9.04. The van der Waals surface area contributed by atoms with Gasteiger partial charge in [0.15, 0.2) is 0 Å². The molecule has 5 heteroatoms. The van der Waals surface area contributed by atoms with Gasteiger partial charge in [0.2, 0.25) is 0 Å². The molecule has 0 unspecified atom stereocenters. The summed E-state index contributed by atoms with van der Waals surface area (Å²) in [5.74, 6) is 0.343. The summed E-state index contributed by atoms with van der Waals surface area (Å²) >= 11 is 0. The van der Waals surface area contributed by atoms with Gasteiger partial charge >= 0.3 is 5.97 Å². The van der Waals surface area contributed by atoms with Crippen molar-refractivity contribution in [1.82, 2.24) is 9.97 Å². The average Bonchev–Trinajstić information content (AvgIpc) is 2.26. The Morgan fingerprint density at radius 3 is 2.94 bits per heavy atom. The molecule has 0 atom stereocenters. The lowest BCUT2D eigenvalue weighted by molar-refractivity contribution is 0.0696. The molecule has 0 aromatic carbocycles. The number of anilines is 1. The second-order valence-electron chi connectivity index (χ2n) is 4.57. The van der Waals surface area contributed by atoms with E-state index in [-0.39, 0.29) is 5.56 Å². The predicted octanol–water partition coefficient (Wildman–Crippen LogP) is 1.80. The number of carbonyl (C=O) groups is 1. The molecule has 0 spiro atoms. The Hall–Kier alpha value is -1.65. The molecule has 1 aliphatic carbocycles. The molecule has 1 aromatic heterocycles. The number of carboxylic acids is 1. The van der Waals surface area contributed by atoms with Gasteiger partial charge in [-0.3, -0.25) is 0 Å². The van der Waals surface area contributed by atoms with E-state index in [9.17, 15) is 4.79 Å². The summed E-state index contributed by atoms with van der Waals surface area (Å²) in [4.78, 5) is 20.7. The maximum Gasteiger partial charge on any atom is 0.341 e. The molecular formula is C12H17N3O2. The van der Waals surface area contributed by atoms with Crippen LogP contribution < -0.4 is 4.90 Å². The van der Waals surface area contributed by atoms with Gasteiger partial charge in [0.25, 0.3) is 0 Å². The SMILES string of the molecule is CN(CCC1CCC1)c1ncncc1C(=O)O. The van der Waals surface area contributed by atoms with E-state index in [1.165, 1.54) is 31.8 Å². The van der Waals surface area contributed by atoms with E-state index < -0.39 is 5.97 Å². The molecule has 1 aliphatic rings. The number of rotatable bonds is 5. The quantitative estimate of drug-likeness (QED) is 0.843. The highest BCUT2D eigenvalue weighted by Crippen LogP contribution is 2.29. The van der Waals surface area contributed by atoms with Crippen molar-refractivity contribution in [1.29, 1.82) is 0 Å². The first kappa shape index (κ1) is 11.8. The highest BCUT2D eigenvalue weighted by atomic mass is 16.4. The van der Waals surface area contributed by atoms with Crippen molar-refractivity contribution in [3.8, 4) is 0 Å². The first-order chi connectivity index (χ1) is 8.18. The second kappa shape index (κ2) is 5.12. The molecule has 1 heterocycles. The molecule has 1 saturated carbocycles. The minimum Gasteiger partial charge on any atom is -0.477 e. The smallest absolute Gasteiger partial charge is 0.341 e. The van der Waals surface area contributed by atoms with E-state index in [0.29, 0.717) is 5.82 Å². The Labute approximate surface area is 100 Å². The Morgan fingerprint density at radius 2 is 2.35 bits per heavy atom. The van der Waals surface area contributed by atoms with Crippen molar-refractivity contribution in [2.75, 3.05) is 18.5 Å². The summed E-state index contributed by atoms with van der Waals surface area (Å²) in [7, 11) is 1.88. The van der Waals surface area contributed by atoms with Crippen LogP contribution in [0.2, 0.25) is 0 Å². The number of aromatic nitrogens is 2. The minimum atomic E-state index is -0.976. The van der Waals surface area contributed by atoms with E-state index in [1.807, 2.05) is 11.9 Å². The number of hydrogen-bond donors (Lipinski definition) is 1. The highest BCUT2D eigenvalue weighted by molar-refractivity contribution is 5.92. The summed E-state index contributed by atoms with van der Waals surface area (Å²) in [6.07, 6.45) is 7.81. The van der Waals surface area contributed by atoms with Gasteiger partial charge in [-0.25, -0.2) is 14.8 Å². The maximum atomic E-state index is 11.0. The summed E-state index contributed by atoms with van der Waals surface area (Å²) in [6, 6.07) is 0. The van der Waals surface area contributed by atoms with Crippen molar-refractivity contribution < 1.29 is 9.90 Å². The van der Waals surface area contributed by atoms with Crippen molar-refractivity contribution in [2.45, 2.75) is 25.7 Å². The van der Waals surface area contributed by atoms with E-state index in [1.54, 1.807) is 0 Å². The molecule has 1 fully saturated rings. The molecule has 0 radical (unpaired) electrons. The van der Waals surface area contributed by atoms with Gasteiger partial charge in [-0.1, -0.05) is 19.3 Å². The molecule has 1 N–H and O–H groups in total. The van der Waals surface area contributed by atoms with Crippen LogP contribution in [-0.4, -0.2) is 34.6 Å². The number of aromatic carboxylic acids is 1. The average molecular weight is 235 g/mol. The third-order valence-corrected chi connectivity index (χ3v) is 3.38. The summed E-state index contributed by atoms with van der Waals surface area (Å²) in [5.41, 5.74) is 0.170. The Kier molecular flexibility index (Phi) is 3.56. The number of carboxylic acid groups (broad SMARTS) is 1. The lowest BCUT2D eigenvalue weighted by atomic mass is 9.83. The van der Waals surface area contributed by atoms with Gasteiger partial charge in [0.1, 0.15) is 17.7 Å². The van der Waals surface area contributed by atoms with Gasteiger partial charge in [0.05, 0.1) is 0 Å². The van der Waals surface area contributed by atoms with Gasteiger partial charge in [-0.05, 0) is 12.3 Å². The highest BCUT2D eigenvalue weighted by Gasteiger charge is 2.19. The van der Waals surface area contributed by atoms with Crippen LogP contribution in [0.25, 0.3) is 0 Å². The Balaban J connectivity index is 2.01. The fraction of sp³-hybridized carbons (Fsp3) is 0.583. The molecule has 2 rings (SSSR count). The molecule has 0 amide bonds. The molecule has 17 heavy (non-hydrogen) atoms. The van der Waals surface area contributed by atoms with Crippen LogP contribution in [0.3, 0.4) is 0 Å². The van der Waals surface area contributed by atoms with Crippen LogP contribution in [0.4, 0.5) is 5.82 Å².